The van der Waals surface area contributed by atoms with Gasteiger partial charge in [-0.3, -0.25) is 14.9 Å². The highest BCUT2D eigenvalue weighted by Gasteiger charge is 2.19. The molecule has 1 amide bonds. The summed E-state index contributed by atoms with van der Waals surface area (Å²) in [5, 5.41) is 16.8. The van der Waals surface area contributed by atoms with E-state index in [4.69, 9.17) is 14.0 Å². The van der Waals surface area contributed by atoms with Crippen molar-refractivity contribution >= 4 is 22.9 Å². The number of ether oxygens (including phenoxy) is 2. The van der Waals surface area contributed by atoms with E-state index >= 15 is 0 Å². The van der Waals surface area contributed by atoms with Crippen LogP contribution in [0.3, 0.4) is 0 Å². The Kier molecular flexibility index (Phi) is 6.39. The Morgan fingerprint density at radius 1 is 1.38 bits per heavy atom. The van der Waals surface area contributed by atoms with Crippen molar-refractivity contribution in [1.82, 2.24) is 15.0 Å². The van der Waals surface area contributed by atoms with Crippen LogP contribution in [-0.2, 0) is 11.3 Å². The molecule has 1 aromatic carbocycles. The zero-order valence-electron chi connectivity index (χ0n) is 15.7. The molecule has 2 aromatic heterocycles. The Morgan fingerprint density at radius 3 is 2.86 bits per heavy atom. The van der Waals surface area contributed by atoms with Crippen LogP contribution in [0, 0.1) is 10.1 Å². The molecule has 29 heavy (non-hydrogen) atoms. The maximum atomic E-state index is 12.5. The average Bonchev–Trinajstić information content (AvgIpc) is 3.41. The van der Waals surface area contributed by atoms with Gasteiger partial charge in [0.05, 0.1) is 16.9 Å². The monoisotopic (exact) mass is 418 g/mol. The maximum Gasteiger partial charge on any atom is 0.311 e. The highest BCUT2D eigenvalue weighted by Crippen LogP contribution is 2.30. The van der Waals surface area contributed by atoms with Crippen LogP contribution in [0.4, 0.5) is 5.69 Å². The molecule has 10 nitrogen and oxygen atoms in total. The fourth-order valence-corrected chi connectivity index (χ4v) is 3.15. The second kappa shape index (κ2) is 9.15. The quantitative estimate of drug-likeness (QED) is 0.384. The number of aromatic nitrogens is 2. The van der Waals surface area contributed by atoms with E-state index in [0.29, 0.717) is 18.3 Å². The number of carbonyl (C=O) groups excluding carboxylic acids is 1. The number of benzene rings is 1. The Balaban J connectivity index is 1.61. The minimum atomic E-state index is -0.554. The largest absolute Gasteiger partial charge is 0.490 e. The molecule has 0 fully saturated rings. The number of hydrogen-bond donors (Lipinski definition) is 0. The standard InChI is InChI=1S/C18H18N4O6S/c1-3-21(10-16-19-18(20-28-16)15-5-4-8-29-15)17(23)11-27-12-6-7-13(22(24)25)14(9-12)26-2/h4-9H,3,10-11H2,1-2H3. The third-order valence-electron chi connectivity index (χ3n) is 3.98. The van der Waals surface area contributed by atoms with Crippen molar-refractivity contribution in [3.8, 4) is 22.2 Å². The van der Waals surface area contributed by atoms with E-state index in [1.165, 1.54) is 41.5 Å². The van der Waals surface area contributed by atoms with Crippen molar-refractivity contribution in [3.05, 3.63) is 51.7 Å². The first-order valence-electron chi connectivity index (χ1n) is 8.61. The number of nitro benzene ring substituents is 1. The predicted octanol–water partition coefficient (Wildman–Crippen LogP) is 3.14. The minimum absolute atomic E-state index is 0.0549. The van der Waals surface area contributed by atoms with Crippen molar-refractivity contribution in [2.24, 2.45) is 0 Å². The summed E-state index contributed by atoms with van der Waals surface area (Å²) in [5.74, 6) is 0.850. The number of methoxy groups -OCH3 is 1. The summed E-state index contributed by atoms with van der Waals surface area (Å²) in [6, 6.07) is 7.82. The van der Waals surface area contributed by atoms with Crippen LogP contribution >= 0.6 is 11.3 Å². The molecule has 11 heteroatoms. The predicted molar refractivity (Wildman–Crippen MR) is 104 cm³/mol. The number of nitrogens with zero attached hydrogens (tertiary/aromatic N) is 4. The first-order valence-corrected chi connectivity index (χ1v) is 9.49. The molecule has 152 valence electrons. The van der Waals surface area contributed by atoms with Crippen LogP contribution in [0.25, 0.3) is 10.7 Å². The van der Waals surface area contributed by atoms with Gasteiger partial charge in [0.15, 0.2) is 6.61 Å². The van der Waals surface area contributed by atoms with E-state index in [-0.39, 0.29) is 36.2 Å². The lowest BCUT2D eigenvalue weighted by molar-refractivity contribution is -0.385. The molecule has 0 N–H and O–H groups in total. The maximum absolute atomic E-state index is 12.5. The van der Waals surface area contributed by atoms with Gasteiger partial charge in [-0.15, -0.1) is 11.3 Å². The molecule has 3 aromatic rings. The van der Waals surface area contributed by atoms with Gasteiger partial charge in [-0.05, 0) is 24.4 Å². The Morgan fingerprint density at radius 2 is 2.21 bits per heavy atom. The van der Waals surface area contributed by atoms with Gasteiger partial charge in [0.2, 0.25) is 17.5 Å². The van der Waals surface area contributed by atoms with E-state index in [1.807, 2.05) is 24.4 Å². The highest BCUT2D eigenvalue weighted by atomic mass is 32.1. The number of hydrogen-bond acceptors (Lipinski definition) is 9. The van der Waals surface area contributed by atoms with Crippen LogP contribution in [-0.4, -0.2) is 46.1 Å². The normalized spacial score (nSPS) is 10.6. The number of thiophene rings is 1. The van der Waals surface area contributed by atoms with E-state index in [9.17, 15) is 14.9 Å². The Hall–Kier alpha value is -3.47. The molecule has 0 unspecified atom stereocenters. The molecule has 0 radical (unpaired) electrons. The van der Waals surface area contributed by atoms with Crippen molar-refractivity contribution in [3.63, 3.8) is 0 Å². The molecule has 0 atom stereocenters. The second-order valence-corrected chi connectivity index (χ2v) is 6.72. The molecular weight excluding hydrogens is 400 g/mol. The van der Waals surface area contributed by atoms with Gasteiger partial charge in [0.1, 0.15) is 12.3 Å². The van der Waals surface area contributed by atoms with E-state index in [2.05, 4.69) is 10.1 Å². The molecule has 0 aliphatic carbocycles. The first kappa shape index (κ1) is 20.3. The summed E-state index contributed by atoms with van der Waals surface area (Å²) in [6.45, 7) is 2.15. The van der Waals surface area contributed by atoms with Crippen LogP contribution < -0.4 is 9.47 Å². The SMILES string of the molecule is CCN(Cc1nc(-c2cccs2)no1)C(=O)COc1ccc([N+](=O)[O-])c(OC)c1. The Bertz CT molecular complexity index is 988. The molecule has 2 heterocycles. The number of carbonyl (C=O) groups is 1. The van der Waals surface area contributed by atoms with Gasteiger partial charge in [-0.2, -0.15) is 4.98 Å². The van der Waals surface area contributed by atoms with Gasteiger partial charge in [0, 0.05) is 18.7 Å². The van der Waals surface area contributed by atoms with Gasteiger partial charge < -0.3 is 18.9 Å². The summed E-state index contributed by atoms with van der Waals surface area (Å²) in [5.41, 5.74) is -0.181. The third kappa shape index (κ3) is 4.88. The zero-order chi connectivity index (χ0) is 20.8. The molecule has 0 bridgehead atoms. The molecule has 0 saturated carbocycles. The first-order chi connectivity index (χ1) is 14.0. The lowest BCUT2D eigenvalue weighted by Crippen LogP contribution is -2.34. The van der Waals surface area contributed by atoms with Crippen molar-refractivity contribution < 1.29 is 23.7 Å². The van der Waals surface area contributed by atoms with Gasteiger partial charge in [-0.25, -0.2) is 0 Å². The molecule has 0 aliphatic heterocycles. The summed E-state index contributed by atoms with van der Waals surface area (Å²) >= 11 is 1.49. The molecule has 0 aliphatic rings. The van der Waals surface area contributed by atoms with Gasteiger partial charge in [-0.1, -0.05) is 11.2 Å². The average molecular weight is 418 g/mol. The number of amides is 1. The van der Waals surface area contributed by atoms with Crippen molar-refractivity contribution in [2.45, 2.75) is 13.5 Å². The summed E-state index contributed by atoms with van der Waals surface area (Å²) < 4.78 is 15.7. The fourth-order valence-electron chi connectivity index (χ4n) is 2.50. The van der Waals surface area contributed by atoms with Crippen molar-refractivity contribution in [1.29, 1.82) is 0 Å². The van der Waals surface area contributed by atoms with E-state index < -0.39 is 4.92 Å². The molecule has 0 saturated heterocycles. The topological polar surface area (TPSA) is 121 Å². The Labute approximate surface area is 169 Å². The number of nitro groups is 1. The number of rotatable bonds is 9. The third-order valence-corrected chi connectivity index (χ3v) is 4.85. The summed E-state index contributed by atoms with van der Waals surface area (Å²) in [4.78, 5) is 29.6. The lowest BCUT2D eigenvalue weighted by atomic mass is 10.3. The fraction of sp³-hybridized carbons (Fsp3) is 0.278. The van der Waals surface area contributed by atoms with Crippen molar-refractivity contribution in [2.75, 3.05) is 20.3 Å². The van der Waals surface area contributed by atoms with Crippen LogP contribution in [0.15, 0.2) is 40.2 Å². The molecule has 0 spiro atoms. The van der Waals surface area contributed by atoms with Crippen LogP contribution in [0.5, 0.6) is 11.5 Å². The summed E-state index contributed by atoms with van der Waals surface area (Å²) in [6.07, 6.45) is 0. The molecule has 3 rings (SSSR count). The molecular formula is C18H18N4O6S. The second-order valence-electron chi connectivity index (χ2n) is 5.78. The lowest BCUT2D eigenvalue weighted by Gasteiger charge is -2.19. The highest BCUT2D eigenvalue weighted by molar-refractivity contribution is 7.13. The summed E-state index contributed by atoms with van der Waals surface area (Å²) in [7, 11) is 1.32. The van der Waals surface area contributed by atoms with Crippen LogP contribution in [0.1, 0.15) is 12.8 Å². The van der Waals surface area contributed by atoms with Gasteiger partial charge in [0.25, 0.3) is 5.91 Å². The zero-order valence-corrected chi connectivity index (χ0v) is 16.5. The van der Waals surface area contributed by atoms with Gasteiger partial charge >= 0.3 is 5.69 Å². The number of likely N-dealkylation sites (N-methyl/N-ethyl adjacent to an activating group) is 1. The van der Waals surface area contributed by atoms with Crippen LogP contribution in [0.2, 0.25) is 0 Å². The van der Waals surface area contributed by atoms with E-state index in [1.54, 1.807) is 0 Å². The smallest absolute Gasteiger partial charge is 0.311 e. The van der Waals surface area contributed by atoms with E-state index in [0.717, 1.165) is 4.88 Å². The minimum Gasteiger partial charge on any atom is -0.490 e.